The molecule has 6 nitrogen and oxygen atoms in total. The summed E-state index contributed by atoms with van der Waals surface area (Å²) < 4.78 is 27.3. The Morgan fingerprint density at radius 1 is 0.143 bits per heavy atom. The van der Waals surface area contributed by atoms with Crippen LogP contribution in [0.15, 0.2) is 479 Å². The third-order valence-electron chi connectivity index (χ3n) is 25.2. The number of hydrogen-bond acceptors (Lipinski definition) is 6. The first-order valence-electron chi connectivity index (χ1n) is 42.9. The van der Waals surface area contributed by atoms with Gasteiger partial charge in [-0.1, -0.05) is 358 Å². The van der Waals surface area contributed by atoms with E-state index in [-0.39, 0.29) is 0 Å². The van der Waals surface area contributed by atoms with Gasteiger partial charge in [-0.25, -0.2) is 0 Å². The maximum Gasteiger partial charge on any atom is 0.143 e. The van der Waals surface area contributed by atoms with E-state index in [4.69, 9.17) is 17.7 Å². The Balaban J connectivity index is 0.602. The van der Waals surface area contributed by atoms with E-state index < -0.39 is 0 Å². The van der Waals surface area contributed by atoms with E-state index in [2.05, 4.69) is 453 Å². The van der Waals surface area contributed by atoms with Gasteiger partial charge in [-0.3, -0.25) is 0 Å². The highest BCUT2D eigenvalue weighted by molar-refractivity contribution is 6.17. The summed E-state index contributed by atoms with van der Waals surface area (Å²) in [6, 6.07) is 166. The van der Waals surface area contributed by atoms with Crippen LogP contribution >= 0.6 is 0 Å². The van der Waals surface area contributed by atoms with Gasteiger partial charge in [0.1, 0.15) is 44.7 Å². The molecular weight excluding hydrogens is 1530 g/mol. The lowest BCUT2D eigenvalue weighted by Gasteiger charge is -2.29. The second kappa shape index (κ2) is 30.7. The van der Waals surface area contributed by atoms with Gasteiger partial charge in [-0.2, -0.15) is 0 Å². The molecule has 0 saturated heterocycles. The Bertz CT molecular complexity index is 8330. The van der Waals surface area contributed by atoms with Gasteiger partial charge >= 0.3 is 0 Å². The quantitative estimate of drug-likeness (QED) is 0.0905. The molecule has 4 heterocycles. The topological polar surface area (TPSA) is 59.0 Å². The first-order valence-corrected chi connectivity index (χ1v) is 42.9. The fourth-order valence-electron chi connectivity index (χ4n) is 19.4. The van der Waals surface area contributed by atoms with Gasteiger partial charge in [0, 0.05) is 77.0 Å². The van der Waals surface area contributed by atoms with Crippen LogP contribution < -0.4 is 9.80 Å². The van der Waals surface area contributed by atoms with Crippen molar-refractivity contribution >= 4 is 122 Å². The first-order chi connectivity index (χ1) is 62.5. The van der Waals surface area contributed by atoms with Crippen molar-refractivity contribution in [1.82, 2.24) is 0 Å². The highest BCUT2D eigenvalue weighted by Crippen LogP contribution is 2.54. The van der Waals surface area contributed by atoms with Crippen molar-refractivity contribution < 1.29 is 17.7 Å². The molecule has 0 fully saturated rings. The molecule has 0 bridgehead atoms. The molecule has 0 aliphatic carbocycles. The second-order valence-corrected chi connectivity index (χ2v) is 32.3. The van der Waals surface area contributed by atoms with Crippen LogP contribution in [-0.2, 0) is 0 Å². The molecule has 0 amide bonds. The zero-order valence-electron chi connectivity index (χ0n) is 68.4. The molecule has 24 aromatic rings. The molecule has 0 aliphatic heterocycles. The van der Waals surface area contributed by atoms with E-state index in [1.165, 1.54) is 0 Å². The standard InChI is InChI=1S/C120H76N2O4/c1-5-30-77(31-6-1)88-38-13-15-43-98(88)116-90(79-34-9-3-10-35-79)46-25-50-100(116)94-40-17-21-54-107(94)121(85-66-60-81(61-67-85)92-48-27-52-102-96-42-19-23-57-110(96)125-119(92)102)87-70-73-112-106(76-87)97-71-64-84(75-115(97)124-112)83-65-72-113-105(74-83)103-53-28-49-93(120(103)126-113)82-62-68-86(69-63-82)122(109-56-29-59-114-118(109)104-45-20-24-58-111(104)123-114)108-55-22-18-41-95(108)101-51-26-47-91(80-36-11-4-12-37-80)117(101)99-44-16-14-39-89(99)78-32-7-2-8-33-78/h1-76H. The molecule has 0 unspecified atom stereocenters. The first kappa shape index (κ1) is 73.1. The number of rotatable bonds is 17. The van der Waals surface area contributed by atoms with E-state index in [0.717, 1.165) is 244 Å². The van der Waals surface area contributed by atoms with E-state index >= 15 is 0 Å². The van der Waals surface area contributed by atoms with Gasteiger partial charge in [0.15, 0.2) is 0 Å². The summed E-state index contributed by atoms with van der Waals surface area (Å²) in [5, 5.41) is 8.35. The highest BCUT2D eigenvalue weighted by atomic mass is 16.3. The predicted molar refractivity (Wildman–Crippen MR) is 525 cm³/mol. The van der Waals surface area contributed by atoms with Gasteiger partial charge in [0.2, 0.25) is 0 Å². The minimum Gasteiger partial charge on any atom is -0.456 e. The Hall–Kier alpha value is -16.8. The van der Waals surface area contributed by atoms with Crippen molar-refractivity contribution in [2.24, 2.45) is 0 Å². The Kier molecular flexibility index (Phi) is 17.8. The van der Waals surface area contributed by atoms with Crippen molar-refractivity contribution in [3.05, 3.63) is 461 Å². The molecule has 24 rings (SSSR count). The molecule has 20 aromatic carbocycles. The number of fused-ring (bicyclic) bond motifs is 12. The number of hydrogen-bond donors (Lipinski definition) is 0. The fourth-order valence-corrected chi connectivity index (χ4v) is 19.4. The van der Waals surface area contributed by atoms with Gasteiger partial charge in [0.25, 0.3) is 0 Å². The van der Waals surface area contributed by atoms with Gasteiger partial charge in [-0.05, 0) is 203 Å². The molecule has 0 atom stereocenters. The van der Waals surface area contributed by atoms with Gasteiger partial charge in [0.05, 0.1) is 22.4 Å². The molecule has 0 N–H and O–H groups in total. The number of furan rings is 4. The minimum atomic E-state index is 0.793. The molecule has 0 saturated carbocycles. The summed E-state index contributed by atoms with van der Waals surface area (Å²) in [7, 11) is 0. The molecule has 6 heteroatoms. The normalized spacial score (nSPS) is 11.7. The molecule has 0 aliphatic rings. The lowest BCUT2D eigenvalue weighted by Crippen LogP contribution is -2.12. The lowest BCUT2D eigenvalue weighted by atomic mass is 9.84. The SMILES string of the molecule is c1ccc(-c2ccccc2-c2c(-c3ccccc3)cccc2-c2ccccc2N(c2ccc(-c3cccc4c3oc3ccccc34)cc2)c2ccc3oc4cc(-c5ccc6oc7c(-c8ccc(N(c9ccccc9-c9cccc(-c%10ccccc%10)c9-c9ccccc9-c9ccccc9)c9cccc%10oc%11ccccc%11c9%10)cc8)cccc7c6c5)ccc4c3c2)cc1. The maximum absolute atomic E-state index is 7.03. The predicted octanol–water partition coefficient (Wildman–Crippen LogP) is 34.6. The average Bonchev–Trinajstić information content (AvgIpc) is 1.58. The summed E-state index contributed by atoms with van der Waals surface area (Å²) in [5.74, 6) is 0. The largest absolute Gasteiger partial charge is 0.456 e. The number of nitrogens with zero attached hydrogens (tertiary/aromatic N) is 2. The van der Waals surface area contributed by atoms with Crippen LogP contribution in [0.1, 0.15) is 0 Å². The Morgan fingerprint density at radius 3 is 1.04 bits per heavy atom. The molecule has 0 spiro atoms. The third-order valence-corrected chi connectivity index (χ3v) is 25.2. The van der Waals surface area contributed by atoms with Crippen LogP contribution in [0.2, 0.25) is 0 Å². The van der Waals surface area contributed by atoms with E-state index in [1.807, 2.05) is 18.2 Å². The zero-order valence-corrected chi connectivity index (χ0v) is 68.4. The average molecular weight is 1610 g/mol. The lowest BCUT2D eigenvalue weighted by molar-refractivity contribution is 0.668. The van der Waals surface area contributed by atoms with Crippen molar-refractivity contribution in [1.29, 1.82) is 0 Å². The van der Waals surface area contributed by atoms with Gasteiger partial charge in [-0.15, -0.1) is 0 Å². The molecule has 4 aromatic heterocycles. The number of anilines is 6. The van der Waals surface area contributed by atoms with Crippen molar-refractivity contribution in [2.45, 2.75) is 0 Å². The summed E-state index contributed by atoms with van der Waals surface area (Å²) >= 11 is 0. The molecule has 0 radical (unpaired) electrons. The van der Waals surface area contributed by atoms with E-state index in [0.29, 0.717) is 0 Å². The molecule has 126 heavy (non-hydrogen) atoms. The van der Waals surface area contributed by atoms with Crippen LogP contribution in [0.3, 0.4) is 0 Å². The van der Waals surface area contributed by atoms with Crippen molar-refractivity contribution in [3.63, 3.8) is 0 Å². The summed E-state index contributed by atoms with van der Waals surface area (Å²) in [6.45, 7) is 0. The van der Waals surface area contributed by atoms with Crippen LogP contribution in [0.25, 0.3) is 210 Å². The summed E-state index contributed by atoms with van der Waals surface area (Å²) in [6.07, 6.45) is 0. The van der Waals surface area contributed by atoms with E-state index in [9.17, 15) is 0 Å². The minimum absolute atomic E-state index is 0.793. The zero-order chi connectivity index (χ0) is 83.1. The number of para-hydroxylation sites is 6. The third kappa shape index (κ3) is 12.6. The molecule has 590 valence electrons. The van der Waals surface area contributed by atoms with Crippen LogP contribution in [0.5, 0.6) is 0 Å². The molecular formula is C120H76N2O4. The van der Waals surface area contributed by atoms with Gasteiger partial charge < -0.3 is 27.5 Å². The maximum atomic E-state index is 7.03. The summed E-state index contributed by atoms with van der Waals surface area (Å²) in [5.41, 5.74) is 37.0. The monoisotopic (exact) mass is 1610 g/mol. The summed E-state index contributed by atoms with van der Waals surface area (Å²) in [4.78, 5) is 4.84. The van der Waals surface area contributed by atoms with E-state index in [1.54, 1.807) is 0 Å². The Morgan fingerprint density at radius 2 is 0.468 bits per heavy atom. The van der Waals surface area contributed by atoms with Crippen molar-refractivity contribution in [2.75, 3.05) is 9.80 Å². The Labute approximate surface area is 727 Å². The van der Waals surface area contributed by atoms with Crippen LogP contribution in [0, 0.1) is 0 Å². The second-order valence-electron chi connectivity index (χ2n) is 32.3. The van der Waals surface area contributed by atoms with Crippen LogP contribution in [-0.4, -0.2) is 0 Å². The number of benzene rings is 20. The highest BCUT2D eigenvalue weighted by Gasteiger charge is 2.29. The fraction of sp³-hybridized carbons (Fsp3) is 0. The van der Waals surface area contributed by atoms with Crippen LogP contribution in [0.4, 0.5) is 34.1 Å². The van der Waals surface area contributed by atoms with Crippen molar-refractivity contribution in [3.8, 4) is 122 Å². The smallest absolute Gasteiger partial charge is 0.143 e.